The van der Waals surface area contributed by atoms with Gasteiger partial charge in [-0.25, -0.2) is 4.98 Å². The van der Waals surface area contributed by atoms with Gasteiger partial charge in [0, 0.05) is 11.8 Å². The number of aliphatic hydroxyl groups excluding tert-OH is 4. The Morgan fingerprint density at radius 3 is 2.39 bits per heavy atom. The minimum atomic E-state index is -1.36. The quantitative estimate of drug-likeness (QED) is 0.599. The molecule has 5 atom stereocenters. The molecule has 0 bridgehead atoms. The number of aromatic nitrogens is 2. The van der Waals surface area contributed by atoms with E-state index in [4.69, 9.17) is 4.74 Å². The maximum atomic E-state index is 10.1. The smallest absolute Gasteiger partial charge is 0.111 e. The first-order valence-electron chi connectivity index (χ1n) is 7.48. The van der Waals surface area contributed by atoms with Crippen LogP contribution in [0.5, 0.6) is 0 Å². The SMILES string of the molecule is OC[C@H]1O[C@@H](Cn2cnc(-c3ccccc3)c2)[C@H](O)[C@@H](O)[C@@H]1O. The minimum absolute atomic E-state index is 0.251. The van der Waals surface area contributed by atoms with Crippen molar-refractivity contribution in [2.45, 2.75) is 37.1 Å². The van der Waals surface area contributed by atoms with Gasteiger partial charge in [0.1, 0.15) is 30.5 Å². The van der Waals surface area contributed by atoms with Gasteiger partial charge in [-0.15, -0.1) is 0 Å². The lowest BCUT2D eigenvalue weighted by Gasteiger charge is -2.40. The normalized spacial score (nSPS) is 31.2. The fourth-order valence-corrected chi connectivity index (χ4v) is 2.76. The van der Waals surface area contributed by atoms with E-state index in [0.29, 0.717) is 0 Å². The van der Waals surface area contributed by atoms with Gasteiger partial charge < -0.3 is 29.7 Å². The summed E-state index contributed by atoms with van der Waals surface area (Å²) in [4.78, 5) is 4.31. The van der Waals surface area contributed by atoms with Gasteiger partial charge in [0.2, 0.25) is 0 Å². The van der Waals surface area contributed by atoms with Crippen molar-refractivity contribution in [2.24, 2.45) is 0 Å². The van der Waals surface area contributed by atoms with Crippen molar-refractivity contribution in [3.05, 3.63) is 42.9 Å². The van der Waals surface area contributed by atoms with Crippen LogP contribution in [0.4, 0.5) is 0 Å². The van der Waals surface area contributed by atoms with Gasteiger partial charge in [-0.1, -0.05) is 30.3 Å². The van der Waals surface area contributed by atoms with Crippen molar-refractivity contribution in [1.29, 1.82) is 0 Å². The lowest BCUT2D eigenvalue weighted by Crippen LogP contribution is -2.59. The molecule has 124 valence electrons. The molecule has 1 aromatic carbocycles. The number of hydrogen-bond acceptors (Lipinski definition) is 6. The Morgan fingerprint density at radius 2 is 1.70 bits per heavy atom. The highest BCUT2D eigenvalue weighted by Crippen LogP contribution is 2.23. The van der Waals surface area contributed by atoms with Crippen molar-refractivity contribution in [2.75, 3.05) is 6.61 Å². The molecule has 1 aliphatic heterocycles. The maximum absolute atomic E-state index is 10.1. The highest BCUT2D eigenvalue weighted by atomic mass is 16.5. The maximum Gasteiger partial charge on any atom is 0.111 e. The van der Waals surface area contributed by atoms with E-state index in [0.717, 1.165) is 11.3 Å². The highest BCUT2D eigenvalue weighted by molar-refractivity contribution is 5.57. The Labute approximate surface area is 133 Å². The van der Waals surface area contributed by atoms with Crippen LogP contribution in [0.3, 0.4) is 0 Å². The van der Waals surface area contributed by atoms with Crippen molar-refractivity contribution in [3.8, 4) is 11.3 Å². The summed E-state index contributed by atoms with van der Waals surface area (Å²) in [6.07, 6.45) is -2.15. The second-order valence-electron chi connectivity index (χ2n) is 5.69. The molecule has 1 aliphatic rings. The summed E-state index contributed by atoms with van der Waals surface area (Å²) in [5.41, 5.74) is 1.76. The van der Waals surface area contributed by atoms with Crippen LogP contribution in [-0.2, 0) is 11.3 Å². The van der Waals surface area contributed by atoms with E-state index in [9.17, 15) is 20.4 Å². The Morgan fingerprint density at radius 1 is 1.00 bits per heavy atom. The number of hydrogen-bond donors (Lipinski definition) is 4. The highest BCUT2D eigenvalue weighted by Gasteiger charge is 2.43. The third-order valence-corrected chi connectivity index (χ3v) is 4.08. The summed E-state index contributed by atoms with van der Waals surface area (Å²) in [6, 6.07) is 9.66. The molecule has 0 aliphatic carbocycles. The van der Waals surface area contributed by atoms with Gasteiger partial charge >= 0.3 is 0 Å². The lowest BCUT2D eigenvalue weighted by atomic mass is 9.95. The van der Waals surface area contributed by atoms with E-state index in [1.807, 2.05) is 36.5 Å². The third kappa shape index (κ3) is 3.29. The number of nitrogens with zero attached hydrogens (tertiary/aromatic N) is 2. The number of rotatable bonds is 4. The largest absolute Gasteiger partial charge is 0.394 e. The van der Waals surface area contributed by atoms with E-state index in [2.05, 4.69) is 4.98 Å². The predicted molar refractivity (Wildman–Crippen MR) is 81.4 cm³/mol. The molecule has 0 radical (unpaired) electrons. The summed E-state index contributed by atoms with van der Waals surface area (Å²) in [7, 11) is 0. The molecule has 7 heteroatoms. The average molecular weight is 320 g/mol. The Balaban J connectivity index is 1.73. The molecule has 2 aromatic rings. The van der Waals surface area contributed by atoms with Crippen LogP contribution < -0.4 is 0 Å². The Bertz CT molecular complexity index is 630. The molecule has 1 fully saturated rings. The summed E-state index contributed by atoms with van der Waals surface area (Å²) >= 11 is 0. The molecule has 4 N–H and O–H groups in total. The van der Waals surface area contributed by atoms with Gasteiger partial charge in [-0.3, -0.25) is 0 Å². The van der Waals surface area contributed by atoms with Crippen LogP contribution in [-0.4, -0.2) is 67.1 Å². The van der Waals surface area contributed by atoms with Gasteiger partial charge in [0.05, 0.1) is 25.2 Å². The van der Waals surface area contributed by atoms with E-state index < -0.39 is 37.1 Å². The van der Waals surface area contributed by atoms with Gasteiger partial charge in [-0.2, -0.15) is 0 Å². The molecule has 23 heavy (non-hydrogen) atoms. The molecule has 0 unspecified atom stereocenters. The molecule has 0 amide bonds. The molecule has 3 rings (SSSR count). The molecule has 7 nitrogen and oxygen atoms in total. The van der Waals surface area contributed by atoms with Crippen LogP contribution >= 0.6 is 0 Å². The van der Waals surface area contributed by atoms with E-state index in [1.54, 1.807) is 10.9 Å². The molecule has 1 saturated heterocycles. The summed E-state index contributed by atoms with van der Waals surface area (Å²) < 4.78 is 7.24. The molecule has 0 saturated carbocycles. The predicted octanol–water partition coefficient (Wildman–Crippen LogP) is -0.608. The average Bonchev–Trinajstić information content (AvgIpc) is 3.05. The van der Waals surface area contributed by atoms with Gasteiger partial charge in [0.25, 0.3) is 0 Å². The minimum Gasteiger partial charge on any atom is -0.394 e. The molecular formula is C16H20N2O5. The van der Waals surface area contributed by atoms with Gasteiger partial charge in [-0.05, 0) is 0 Å². The fraction of sp³-hybridized carbons (Fsp3) is 0.438. The monoisotopic (exact) mass is 320 g/mol. The standard InChI is InChI=1S/C16H20N2O5/c19-8-13-15(21)16(22)14(20)12(23-13)7-18-6-11(17-9-18)10-4-2-1-3-5-10/h1-6,9,12-16,19-22H,7-8H2/t12-,13+,14-,15+,16+/m0/s1. The van der Waals surface area contributed by atoms with Crippen LogP contribution in [0.15, 0.2) is 42.9 Å². The third-order valence-electron chi connectivity index (χ3n) is 4.08. The molecule has 0 spiro atoms. The van der Waals surface area contributed by atoms with Crippen LogP contribution in [0.2, 0.25) is 0 Å². The van der Waals surface area contributed by atoms with Crippen molar-refractivity contribution < 1.29 is 25.2 Å². The Kier molecular flexibility index (Phi) is 4.74. The number of imidazole rings is 1. The molecule has 1 aromatic heterocycles. The first kappa shape index (κ1) is 16.1. The zero-order valence-corrected chi connectivity index (χ0v) is 12.4. The molecular weight excluding hydrogens is 300 g/mol. The van der Waals surface area contributed by atoms with E-state index in [-0.39, 0.29) is 6.54 Å². The van der Waals surface area contributed by atoms with E-state index in [1.165, 1.54) is 0 Å². The number of aliphatic hydroxyl groups is 4. The topological polar surface area (TPSA) is 108 Å². The summed E-state index contributed by atoms with van der Waals surface area (Å²) in [6.45, 7) is -0.179. The van der Waals surface area contributed by atoms with E-state index >= 15 is 0 Å². The number of ether oxygens (including phenoxy) is 1. The summed E-state index contributed by atoms with van der Waals surface area (Å²) in [5, 5.41) is 38.9. The molecule has 2 heterocycles. The van der Waals surface area contributed by atoms with Crippen LogP contribution in [0.25, 0.3) is 11.3 Å². The van der Waals surface area contributed by atoms with Crippen molar-refractivity contribution in [3.63, 3.8) is 0 Å². The zero-order chi connectivity index (χ0) is 16.4. The fourth-order valence-electron chi connectivity index (χ4n) is 2.76. The van der Waals surface area contributed by atoms with Gasteiger partial charge in [0.15, 0.2) is 0 Å². The first-order valence-corrected chi connectivity index (χ1v) is 7.48. The van der Waals surface area contributed by atoms with Crippen molar-refractivity contribution >= 4 is 0 Å². The lowest BCUT2D eigenvalue weighted by molar-refractivity contribution is -0.231. The summed E-state index contributed by atoms with van der Waals surface area (Å²) in [5.74, 6) is 0. The van der Waals surface area contributed by atoms with Crippen LogP contribution in [0.1, 0.15) is 0 Å². The second kappa shape index (κ2) is 6.77. The first-order chi connectivity index (χ1) is 11.1. The van der Waals surface area contributed by atoms with Crippen LogP contribution in [0, 0.1) is 0 Å². The van der Waals surface area contributed by atoms with Crippen molar-refractivity contribution in [1.82, 2.24) is 9.55 Å². The zero-order valence-electron chi connectivity index (χ0n) is 12.4. The number of benzene rings is 1. The Hall–Kier alpha value is -1.77. The second-order valence-corrected chi connectivity index (χ2v) is 5.69.